The van der Waals surface area contributed by atoms with Crippen LogP contribution in [-0.2, 0) is 37.9 Å². The van der Waals surface area contributed by atoms with Gasteiger partial charge in [-0.3, -0.25) is 4.90 Å². The highest BCUT2D eigenvalue weighted by molar-refractivity contribution is 6.33. The Morgan fingerprint density at radius 1 is 0.405 bits per heavy atom. The van der Waals surface area contributed by atoms with Crippen LogP contribution in [0.25, 0.3) is 0 Å². The lowest BCUT2D eigenvalue weighted by atomic mass is 9.79. The Balaban J connectivity index is 3.84. The highest BCUT2D eigenvalue weighted by Gasteiger charge is 2.06. The van der Waals surface area contributed by atoms with Crippen LogP contribution in [0.1, 0.15) is 19.8 Å². The van der Waals surface area contributed by atoms with Crippen LogP contribution in [0, 0.1) is 0 Å². The summed E-state index contributed by atoms with van der Waals surface area (Å²) in [5.41, 5.74) is 0. The van der Waals surface area contributed by atoms with Gasteiger partial charge in [0.05, 0.1) is 85.9 Å². The number of ether oxygens (including phenoxy) is 8. The van der Waals surface area contributed by atoms with Crippen LogP contribution >= 0.6 is 0 Å². The van der Waals surface area contributed by atoms with E-state index in [9.17, 15) is 0 Å². The molecule has 37 heavy (non-hydrogen) atoms. The molecule has 0 bridgehead atoms. The van der Waals surface area contributed by atoms with Gasteiger partial charge in [-0.05, 0) is 6.42 Å². The highest BCUT2D eigenvalue weighted by Crippen LogP contribution is 1.94. The van der Waals surface area contributed by atoms with Gasteiger partial charge < -0.3 is 37.9 Å². The smallest absolute Gasteiger partial charge is 0.108 e. The molecule has 0 aliphatic carbocycles. The van der Waals surface area contributed by atoms with Crippen molar-refractivity contribution in [1.29, 1.82) is 0 Å². The first-order valence-corrected chi connectivity index (χ1v) is 14.2. The summed E-state index contributed by atoms with van der Waals surface area (Å²) in [6.07, 6.45) is 4.20. The molecule has 0 saturated heterocycles. The third kappa shape index (κ3) is 31.9. The normalized spacial score (nSPS) is 11.5. The van der Waals surface area contributed by atoms with Gasteiger partial charge in [0.15, 0.2) is 0 Å². The maximum Gasteiger partial charge on any atom is 0.108 e. The third-order valence-corrected chi connectivity index (χ3v) is 5.26. The number of rotatable bonds is 33. The van der Waals surface area contributed by atoms with Crippen LogP contribution in [0.15, 0.2) is 0 Å². The average Bonchev–Trinajstić information content (AvgIpc) is 2.91. The minimum absolute atomic E-state index is 0.579. The number of unbranched alkanes of at least 4 members (excludes halogenated alkanes) is 1. The molecule has 11 heteroatoms. The molecule has 0 aromatic carbocycles. The zero-order valence-electron chi connectivity index (χ0n) is 24.1. The van der Waals surface area contributed by atoms with E-state index in [0.717, 1.165) is 64.9 Å². The fraction of sp³-hybridized carbons (Fsp3) is 1.00. The molecule has 218 valence electrons. The molecule has 0 aromatic heterocycles. The molecule has 0 atom stereocenters. The van der Waals surface area contributed by atoms with Gasteiger partial charge in [-0.2, -0.15) is 0 Å². The summed E-state index contributed by atoms with van der Waals surface area (Å²) in [5, 5.41) is 0. The first kappa shape index (κ1) is 36.8. The molecule has 0 heterocycles. The summed E-state index contributed by atoms with van der Waals surface area (Å²) >= 11 is 0. The second-order valence-electron chi connectivity index (χ2n) is 8.49. The monoisotopic (exact) mass is 531 g/mol. The third-order valence-electron chi connectivity index (χ3n) is 5.26. The maximum absolute atomic E-state index is 5.75. The Kier molecular flexibility index (Phi) is 33.6. The van der Waals surface area contributed by atoms with Crippen LogP contribution in [0.5, 0.6) is 0 Å². The molecular formula is C26H55B2NO8. The van der Waals surface area contributed by atoms with Crippen LogP contribution in [-0.4, -0.2) is 145 Å². The van der Waals surface area contributed by atoms with Crippen molar-refractivity contribution in [3.05, 3.63) is 0 Å². The van der Waals surface area contributed by atoms with Gasteiger partial charge in [0.2, 0.25) is 0 Å². The predicted molar refractivity (Wildman–Crippen MR) is 151 cm³/mol. The Bertz CT molecular complexity index is 391. The molecule has 0 rings (SSSR count). The Morgan fingerprint density at radius 2 is 0.703 bits per heavy atom. The molecule has 9 nitrogen and oxygen atoms in total. The van der Waals surface area contributed by atoms with Crippen molar-refractivity contribution in [1.82, 2.24) is 4.90 Å². The van der Waals surface area contributed by atoms with Crippen molar-refractivity contribution >= 4 is 14.6 Å². The van der Waals surface area contributed by atoms with Gasteiger partial charge in [-0.15, -0.1) is 0 Å². The van der Waals surface area contributed by atoms with Crippen LogP contribution < -0.4 is 0 Å². The SMILES string of the molecule is C[B]CCOCCOCCOCCN(CCOCCOCCCC)CCOCCOCCOCC[B]C. The van der Waals surface area contributed by atoms with E-state index in [0.29, 0.717) is 85.9 Å². The van der Waals surface area contributed by atoms with E-state index in [1.807, 2.05) is 13.6 Å². The molecule has 0 spiro atoms. The predicted octanol–water partition coefficient (Wildman–Crippen LogP) is 2.56. The lowest BCUT2D eigenvalue weighted by Crippen LogP contribution is -2.34. The summed E-state index contributed by atoms with van der Waals surface area (Å²) < 4.78 is 44.8. The lowest BCUT2D eigenvalue weighted by Gasteiger charge is -2.22. The maximum atomic E-state index is 5.75. The van der Waals surface area contributed by atoms with E-state index in [1.165, 1.54) is 0 Å². The first-order valence-electron chi connectivity index (χ1n) is 14.2. The van der Waals surface area contributed by atoms with Gasteiger partial charge in [-0.1, -0.05) is 39.6 Å². The van der Waals surface area contributed by atoms with Crippen LogP contribution in [0.4, 0.5) is 0 Å². The Labute approximate surface area is 229 Å². The molecule has 0 aromatic rings. The molecule has 2 radical (unpaired) electrons. The van der Waals surface area contributed by atoms with Crippen molar-refractivity contribution in [2.45, 2.75) is 46.1 Å². The Hall–Kier alpha value is -0.230. The largest absolute Gasteiger partial charge is 0.380 e. The van der Waals surface area contributed by atoms with Crippen molar-refractivity contribution in [3.8, 4) is 0 Å². The molecule has 0 unspecified atom stereocenters. The van der Waals surface area contributed by atoms with Crippen molar-refractivity contribution in [2.75, 3.05) is 125 Å². The molecule has 0 saturated carbocycles. The van der Waals surface area contributed by atoms with Crippen molar-refractivity contribution in [3.63, 3.8) is 0 Å². The van der Waals surface area contributed by atoms with Gasteiger partial charge in [0.1, 0.15) is 14.6 Å². The van der Waals surface area contributed by atoms with Gasteiger partial charge in [0, 0.05) is 39.5 Å². The average molecular weight is 531 g/mol. The second-order valence-corrected chi connectivity index (χ2v) is 8.49. The lowest BCUT2D eigenvalue weighted by molar-refractivity contribution is -0.00170. The van der Waals surface area contributed by atoms with Crippen molar-refractivity contribution < 1.29 is 37.9 Å². The second kappa shape index (κ2) is 33.8. The minimum atomic E-state index is 0.579. The quantitative estimate of drug-likeness (QED) is 0.0939. The fourth-order valence-electron chi connectivity index (χ4n) is 2.97. The summed E-state index contributed by atoms with van der Waals surface area (Å²) in [6.45, 7) is 19.0. The van der Waals surface area contributed by atoms with E-state index in [-0.39, 0.29) is 0 Å². The van der Waals surface area contributed by atoms with E-state index >= 15 is 0 Å². The zero-order valence-corrected chi connectivity index (χ0v) is 24.1. The zero-order chi connectivity index (χ0) is 26.9. The van der Waals surface area contributed by atoms with Gasteiger partial charge >= 0.3 is 0 Å². The molecule has 0 aliphatic rings. The molecule has 0 N–H and O–H groups in total. The van der Waals surface area contributed by atoms with E-state index in [1.54, 1.807) is 0 Å². The molecule has 0 amide bonds. The fourth-order valence-corrected chi connectivity index (χ4v) is 2.97. The summed E-state index contributed by atoms with van der Waals surface area (Å²) in [6, 6.07) is 0. The van der Waals surface area contributed by atoms with Gasteiger partial charge in [0.25, 0.3) is 0 Å². The minimum Gasteiger partial charge on any atom is -0.380 e. The molecule has 0 aliphatic heterocycles. The molecule has 0 fully saturated rings. The number of hydrogen-bond donors (Lipinski definition) is 0. The van der Waals surface area contributed by atoms with Gasteiger partial charge in [-0.25, -0.2) is 0 Å². The van der Waals surface area contributed by atoms with E-state index in [4.69, 9.17) is 37.9 Å². The molecular weight excluding hydrogens is 476 g/mol. The van der Waals surface area contributed by atoms with Crippen LogP contribution in [0.2, 0.25) is 26.3 Å². The topological polar surface area (TPSA) is 77.1 Å². The van der Waals surface area contributed by atoms with E-state index < -0.39 is 0 Å². The van der Waals surface area contributed by atoms with Crippen molar-refractivity contribution in [2.24, 2.45) is 0 Å². The first-order chi connectivity index (χ1) is 18.3. The standard InChI is InChI=1S/C26H55B2NO8/c1-4-5-11-30-17-20-33-14-8-29(9-15-34-21-25-36-23-18-31-12-6-27-2)10-16-35-22-26-37-24-19-32-13-7-28-3/h4-26H2,1-3H3. The number of nitrogens with zero attached hydrogens (tertiary/aromatic N) is 1. The summed E-state index contributed by atoms with van der Waals surface area (Å²) in [5.74, 6) is 0. The highest BCUT2D eigenvalue weighted by atomic mass is 16.6. The van der Waals surface area contributed by atoms with Crippen LogP contribution in [0.3, 0.4) is 0 Å². The Morgan fingerprint density at radius 3 is 1.03 bits per heavy atom. The summed E-state index contributed by atoms with van der Waals surface area (Å²) in [7, 11) is 4.19. The number of hydrogen-bond acceptors (Lipinski definition) is 9. The summed E-state index contributed by atoms with van der Waals surface area (Å²) in [4.78, 5) is 2.30. The van der Waals surface area contributed by atoms with E-state index in [2.05, 4.69) is 26.4 Å².